The largest absolute Gasteiger partial charge is 0.231 e. The normalized spacial score (nSPS) is 6.40. The van der Waals surface area contributed by atoms with E-state index in [1.54, 1.807) is 0 Å². The van der Waals surface area contributed by atoms with E-state index in [0.29, 0.717) is 0 Å². The molecule has 0 unspecified atom stereocenters. The van der Waals surface area contributed by atoms with Crippen molar-refractivity contribution in [2.24, 2.45) is 0 Å². The lowest BCUT2D eigenvalue weighted by Crippen LogP contribution is -1.85. The molecule has 128 valence electrons. The van der Waals surface area contributed by atoms with E-state index in [1.807, 2.05) is 0 Å². The van der Waals surface area contributed by atoms with Crippen molar-refractivity contribution in [3.05, 3.63) is 71.8 Å². The fourth-order valence-corrected chi connectivity index (χ4v) is 1.43. The van der Waals surface area contributed by atoms with Gasteiger partial charge in [-0.05, 0) is 17.5 Å². The van der Waals surface area contributed by atoms with Crippen LogP contribution in [0.15, 0.2) is 60.7 Å². The number of nitrogens with one attached hydrogen (secondary N) is 4. The van der Waals surface area contributed by atoms with E-state index in [0.717, 1.165) is 30.7 Å². The minimum absolute atomic E-state index is 0.750. The van der Waals surface area contributed by atoms with Gasteiger partial charge in [-0.2, -0.15) is 0 Å². The Bertz CT molecular complexity index is 594. The predicted molar refractivity (Wildman–Crippen MR) is 89.3 cm³/mol. The molecule has 8 heteroatoms. The number of isocyanates is 4. The molecule has 0 saturated heterocycles. The summed E-state index contributed by atoms with van der Waals surface area (Å²) in [6.45, 7) is 0. The van der Waals surface area contributed by atoms with E-state index in [2.05, 4.69) is 60.7 Å². The van der Waals surface area contributed by atoms with Crippen molar-refractivity contribution in [1.82, 2.24) is 0 Å². The molecule has 0 amide bonds. The maximum absolute atomic E-state index is 8.35. The highest BCUT2D eigenvalue weighted by molar-refractivity contribution is 5.27. The Morgan fingerprint density at radius 2 is 0.720 bits per heavy atom. The lowest BCUT2D eigenvalue weighted by Gasteiger charge is -2.00. The third-order valence-corrected chi connectivity index (χ3v) is 2.09. The number of rotatable bonds is 2. The maximum atomic E-state index is 8.35. The van der Waals surface area contributed by atoms with Gasteiger partial charge in [0.1, 0.15) is 0 Å². The average Bonchev–Trinajstić information content (AvgIpc) is 2.60. The van der Waals surface area contributed by atoms with Gasteiger partial charge in [0.15, 0.2) is 0 Å². The predicted octanol–water partition coefficient (Wildman–Crippen LogP) is 2.88. The molecular weight excluding hydrogens is 324 g/mol. The van der Waals surface area contributed by atoms with E-state index in [-0.39, 0.29) is 0 Å². The fraction of sp³-hybridized carbons (Fsp3) is 0.0588. The first-order chi connectivity index (χ1) is 12.1. The van der Waals surface area contributed by atoms with E-state index < -0.39 is 0 Å². The SMILES string of the molecule is N=C=O.N=C=O.N=C=O.N=C=O.c1ccc(Cc2ccccc2)cc1. The van der Waals surface area contributed by atoms with Crippen molar-refractivity contribution in [2.45, 2.75) is 6.42 Å². The standard InChI is InChI=1S/C13H12.4CHNO/c1-3-7-12(8-4-1)11-13-9-5-2-6-10-13;4*2-1-3/h1-10H,11H2;4*2H. The molecule has 0 aromatic heterocycles. The van der Waals surface area contributed by atoms with Crippen molar-refractivity contribution in [1.29, 1.82) is 21.6 Å². The van der Waals surface area contributed by atoms with E-state index in [4.69, 9.17) is 40.8 Å². The van der Waals surface area contributed by atoms with Gasteiger partial charge in [0.25, 0.3) is 0 Å². The minimum atomic E-state index is 0.750. The van der Waals surface area contributed by atoms with Gasteiger partial charge in [-0.25, -0.2) is 40.8 Å². The zero-order chi connectivity index (χ0) is 19.8. The number of benzene rings is 2. The molecule has 0 aliphatic rings. The molecule has 2 aromatic rings. The Labute approximate surface area is 144 Å². The van der Waals surface area contributed by atoms with Gasteiger partial charge in [-0.15, -0.1) is 0 Å². The second kappa shape index (κ2) is 24.9. The summed E-state index contributed by atoms with van der Waals surface area (Å²) in [5.74, 6) is 0. The summed E-state index contributed by atoms with van der Waals surface area (Å²) in [7, 11) is 0. The van der Waals surface area contributed by atoms with Crippen LogP contribution in [-0.2, 0) is 25.6 Å². The Kier molecular flexibility index (Phi) is 25.8. The van der Waals surface area contributed by atoms with E-state index >= 15 is 0 Å². The van der Waals surface area contributed by atoms with E-state index in [1.165, 1.54) is 11.1 Å². The summed E-state index contributed by atoms with van der Waals surface area (Å²) in [5, 5.41) is 21.6. The molecule has 0 aliphatic carbocycles. The van der Waals surface area contributed by atoms with Crippen LogP contribution in [0.5, 0.6) is 0 Å². The number of hydrogen-bond donors (Lipinski definition) is 4. The summed E-state index contributed by atoms with van der Waals surface area (Å²) in [4.78, 5) is 33.4. The molecule has 25 heavy (non-hydrogen) atoms. The van der Waals surface area contributed by atoms with Crippen LogP contribution in [0.4, 0.5) is 0 Å². The number of hydrogen-bond acceptors (Lipinski definition) is 8. The van der Waals surface area contributed by atoms with E-state index in [9.17, 15) is 0 Å². The Hall–Kier alpha value is -4.04. The molecule has 0 saturated carbocycles. The van der Waals surface area contributed by atoms with Crippen LogP contribution >= 0.6 is 0 Å². The van der Waals surface area contributed by atoms with Crippen molar-refractivity contribution in [3.8, 4) is 0 Å². The second-order valence-corrected chi connectivity index (χ2v) is 3.56. The van der Waals surface area contributed by atoms with Crippen LogP contribution in [0.1, 0.15) is 11.1 Å². The van der Waals surface area contributed by atoms with Crippen molar-refractivity contribution in [2.75, 3.05) is 0 Å². The molecule has 2 rings (SSSR count). The smallest absolute Gasteiger partial charge is 0.222 e. The molecular formula is C17H16N4O4. The maximum Gasteiger partial charge on any atom is 0.231 e. The van der Waals surface area contributed by atoms with Crippen molar-refractivity contribution in [3.63, 3.8) is 0 Å². The molecule has 4 N–H and O–H groups in total. The minimum Gasteiger partial charge on any atom is -0.222 e. The zero-order valence-corrected chi connectivity index (χ0v) is 13.1. The molecule has 0 bridgehead atoms. The summed E-state index contributed by atoms with van der Waals surface area (Å²) < 4.78 is 0. The second-order valence-electron chi connectivity index (χ2n) is 3.56. The third-order valence-electron chi connectivity index (χ3n) is 2.09. The van der Waals surface area contributed by atoms with Crippen LogP contribution in [0.25, 0.3) is 0 Å². The molecule has 0 atom stereocenters. The van der Waals surface area contributed by atoms with Crippen LogP contribution < -0.4 is 0 Å². The highest BCUT2D eigenvalue weighted by atomic mass is 16.1. The molecule has 8 nitrogen and oxygen atoms in total. The first-order valence-electron chi connectivity index (χ1n) is 6.34. The highest BCUT2D eigenvalue weighted by Crippen LogP contribution is 2.07. The average molecular weight is 340 g/mol. The fourth-order valence-electron chi connectivity index (χ4n) is 1.43. The Balaban J connectivity index is -0.000000337. The van der Waals surface area contributed by atoms with Crippen LogP contribution in [0.2, 0.25) is 0 Å². The highest BCUT2D eigenvalue weighted by Gasteiger charge is 1.92. The first-order valence-corrected chi connectivity index (χ1v) is 6.34. The van der Waals surface area contributed by atoms with Gasteiger partial charge in [0, 0.05) is 0 Å². The molecule has 0 heterocycles. The lowest BCUT2D eigenvalue weighted by molar-refractivity contribution is 0.562. The van der Waals surface area contributed by atoms with Gasteiger partial charge < -0.3 is 0 Å². The molecule has 2 aromatic carbocycles. The Morgan fingerprint density at radius 1 is 0.520 bits per heavy atom. The lowest BCUT2D eigenvalue weighted by atomic mass is 10.1. The topological polar surface area (TPSA) is 164 Å². The first kappa shape index (κ1) is 25.9. The molecule has 0 aliphatic heterocycles. The third kappa shape index (κ3) is 25.3. The van der Waals surface area contributed by atoms with Gasteiger partial charge >= 0.3 is 0 Å². The van der Waals surface area contributed by atoms with Gasteiger partial charge in [0.2, 0.25) is 24.3 Å². The van der Waals surface area contributed by atoms with Crippen molar-refractivity contribution < 1.29 is 19.2 Å². The van der Waals surface area contributed by atoms with Gasteiger partial charge in [-0.3, -0.25) is 0 Å². The van der Waals surface area contributed by atoms with Crippen LogP contribution in [0, 0.1) is 21.6 Å². The van der Waals surface area contributed by atoms with Crippen molar-refractivity contribution >= 4 is 24.3 Å². The number of carbonyl (C=O) groups excluding carboxylic acids is 4. The zero-order valence-electron chi connectivity index (χ0n) is 13.1. The van der Waals surface area contributed by atoms with Crippen LogP contribution in [0.3, 0.4) is 0 Å². The monoisotopic (exact) mass is 340 g/mol. The van der Waals surface area contributed by atoms with Gasteiger partial charge in [0.05, 0.1) is 0 Å². The molecule has 0 spiro atoms. The molecule has 0 fully saturated rings. The quantitative estimate of drug-likeness (QED) is 0.488. The Morgan fingerprint density at radius 3 is 0.920 bits per heavy atom. The summed E-state index contributed by atoms with van der Waals surface area (Å²) >= 11 is 0. The molecule has 0 radical (unpaired) electrons. The van der Waals surface area contributed by atoms with Crippen LogP contribution in [-0.4, -0.2) is 24.3 Å². The summed E-state index contributed by atoms with van der Waals surface area (Å²) in [6, 6.07) is 21.1. The summed E-state index contributed by atoms with van der Waals surface area (Å²) in [5.41, 5.74) is 2.74. The summed E-state index contributed by atoms with van der Waals surface area (Å²) in [6.07, 6.45) is 4.03. The van der Waals surface area contributed by atoms with Gasteiger partial charge in [-0.1, -0.05) is 60.7 Å².